The number of nitrogens with one attached hydrogen (secondary N) is 1. The second-order valence-electron chi connectivity index (χ2n) is 10.1. The second kappa shape index (κ2) is 12.1. The first-order valence-corrected chi connectivity index (χ1v) is 16.5. The summed E-state index contributed by atoms with van der Waals surface area (Å²) in [6, 6.07) is 11.4. The fourth-order valence-electron chi connectivity index (χ4n) is 4.85. The number of para-hydroxylation sites is 1. The highest BCUT2D eigenvalue weighted by molar-refractivity contribution is 7.89. The Kier molecular flexibility index (Phi) is 8.24. The summed E-state index contributed by atoms with van der Waals surface area (Å²) in [5, 5.41) is 7.33. The van der Waals surface area contributed by atoms with Crippen molar-refractivity contribution in [1.82, 2.24) is 33.4 Å². The Morgan fingerprint density at radius 2 is 2.00 bits per heavy atom. The minimum atomic E-state index is -4.93. The molecule has 1 aliphatic rings. The van der Waals surface area contributed by atoms with E-state index in [1.165, 1.54) is 27.5 Å². The average molecular weight is 645 g/mol. The molecule has 0 aliphatic carbocycles. The third-order valence-electron chi connectivity index (χ3n) is 6.85. The zero-order chi connectivity index (χ0) is 30.9. The third-order valence-corrected chi connectivity index (χ3v) is 9.07. The Labute approximate surface area is 251 Å². The highest BCUT2D eigenvalue weighted by Gasteiger charge is 2.32. The van der Waals surface area contributed by atoms with Gasteiger partial charge in [0.2, 0.25) is 5.95 Å². The molecule has 16 nitrogen and oxygen atoms in total. The zero-order valence-electron chi connectivity index (χ0n) is 23.4. The number of rotatable bonds is 11. The van der Waals surface area contributed by atoms with Gasteiger partial charge in [-0.1, -0.05) is 18.2 Å². The van der Waals surface area contributed by atoms with Crippen LogP contribution in [0, 0.1) is 0 Å². The molecule has 1 fully saturated rings. The van der Waals surface area contributed by atoms with E-state index in [0.717, 1.165) is 6.42 Å². The van der Waals surface area contributed by atoms with Crippen LogP contribution >= 0.6 is 7.82 Å². The summed E-state index contributed by atoms with van der Waals surface area (Å²) in [7, 11) is -6.99. The molecule has 0 amide bonds. The number of sulfonamides is 1. The first-order chi connectivity index (χ1) is 21.0. The van der Waals surface area contributed by atoms with Crippen LogP contribution in [0.1, 0.15) is 36.2 Å². The smallest absolute Gasteiger partial charge is 0.458 e. The van der Waals surface area contributed by atoms with Crippen molar-refractivity contribution in [3.63, 3.8) is 0 Å². The molecule has 1 aromatic carbocycles. The van der Waals surface area contributed by atoms with Crippen molar-refractivity contribution in [3.8, 4) is 5.75 Å². The van der Waals surface area contributed by atoms with E-state index >= 15 is 0 Å². The Morgan fingerprint density at radius 3 is 2.75 bits per heavy atom. The summed E-state index contributed by atoms with van der Waals surface area (Å²) in [6.45, 7) is 0.646. The van der Waals surface area contributed by atoms with Crippen LogP contribution in [0.4, 0.5) is 5.95 Å². The minimum Gasteiger partial charge on any atom is -0.458 e. The number of anilines is 1. The minimum absolute atomic E-state index is 0.0132. The SMILES string of the molecule is Cn1ccc(S(=O)(=O)N2CCC[C@@H](Nc3nccc(Cc4coc5nc(C(Oc6ccccc6)OP(=O)(O)O)cn45)n3)C2)n1. The average Bonchev–Trinajstić information content (AvgIpc) is 3.70. The van der Waals surface area contributed by atoms with Gasteiger partial charge in [-0.2, -0.15) is 14.4 Å². The van der Waals surface area contributed by atoms with Crippen LogP contribution in [0.15, 0.2) is 76.8 Å². The van der Waals surface area contributed by atoms with Crippen molar-refractivity contribution < 1.29 is 36.4 Å². The predicted molar refractivity (Wildman–Crippen MR) is 154 cm³/mol. The number of ether oxygens (including phenoxy) is 1. The Morgan fingerprint density at radius 1 is 1.18 bits per heavy atom. The van der Waals surface area contributed by atoms with Crippen LogP contribution < -0.4 is 10.1 Å². The van der Waals surface area contributed by atoms with Gasteiger partial charge >= 0.3 is 13.7 Å². The lowest BCUT2D eigenvalue weighted by atomic mass is 10.1. The molecule has 44 heavy (non-hydrogen) atoms. The van der Waals surface area contributed by atoms with E-state index in [1.54, 1.807) is 60.2 Å². The zero-order valence-corrected chi connectivity index (χ0v) is 25.1. The van der Waals surface area contributed by atoms with Crippen LogP contribution in [0.2, 0.25) is 0 Å². The molecular weight excluding hydrogens is 615 g/mol. The lowest BCUT2D eigenvalue weighted by Crippen LogP contribution is -2.45. The van der Waals surface area contributed by atoms with E-state index in [1.807, 2.05) is 0 Å². The Hall–Kier alpha value is -4.12. The molecule has 4 aromatic heterocycles. The number of piperidine rings is 1. The van der Waals surface area contributed by atoms with Gasteiger partial charge in [0, 0.05) is 51.2 Å². The summed E-state index contributed by atoms with van der Waals surface area (Å²) < 4.78 is 58.4. The monoisotopic (exact) mass is 644 g/mol. The van der Waals surface area contributed by atoms with E-state index in [-0.39, 0.29) is 29.2 Å². The topological polar surface area (TPSA) is 199 Å². The number of hydrogen-bond acceptors (Lipinski definition) is 11. The summed E-state index contributed by atoms with van der Waals surface area (Å²) in [6.07, 6.45) is 6.41. The predicted octanol–water partition coefficient (Wildman–Crippen LogP) is 2.49. The fraction of sp³-hybridized carbons (Fsp3) is 0.308. The standard InChI is InChI=1S/C26H29N8O8PS/c1-32-13-10-23(31-32)44(38,39)33-12-5-6-19(15-33)29-25-27-11-9-18(28-25)14-20-17-40-26-30-22(16-34(20)26)24(42-43(35,36)37)41-21-7-3-2-4-8-21/h2-4,7-11,13,16-17,19,24H,5-6,12,14-15H2,1H3,(H,27,28,29)(H2,35,36,37)/t19-,24?/m1/s1. The van der Waals surface area contributed by atoms with Crippen molar-refractivity contribution in [2.75, 3.05) is 18.4 Å². The van der Waals surface area contributed by atoms with Gasteiger partial charge in [0.1, 0.15) is 17.7 Å². The number of nitrogens with zero attached hydrogens (tertiary/aromatic N) is 7. The molecular formula is C26H29N8O8PS. The lowest BCUT2D eigenvalue weighted by molar-refractivity contribution is -0.0208. The number of hydrogen-bond donors (Lipinski definition) is 3. The molecule has 1 saturated heterocycles. The molecule has 18 heteroatoms. The molecule has 0 saturated carbocycles. The fourth-order valence-corrected chi connectivity index (χ4v) is 6.72. The maximum atomic E-state index is 13.1. The highest BCUT2D eigenvalue weighted by Crippen LogP contribution is 2.43. The van der Waals surface area contributed by atoms with Gasteiger partial charge in [-0.25, -0.2) is 27.5 Å². The number of phosphoric acid groups is 1. The van der Waals surface area contributed by atoms with Gasteiger partial charge in [-0.3, -0.25) is 9.08 Å². The largest absolute Gasteiger partial charge is 0.473 e. The normalized spacial score (nSPS) is 17.1. The molecule has 0 spiro atoms. The summed E-state index contributed by atoms with van der Waals surface area (Å²) in [5.74, 6) is 0.837. The molecule has 1 aliphatic heterocycles. The number of imidazole rings is 1. The summed E-state index contributed by atoms with van der Waals surface area (Å²) in [5.41, 5.74) is 1.37. The van der Waals surface area contributed by atoms with E-state index in [9.17, 15) is 22.8 Å². The molecule has 3 N–H and O–H groups in total. The van der Waals surface area contributed by atoms with Crippen LogP contribution in [0.25, 0.3) is 5.84 Å². The number of aromatic nitrogens is 6. The second-order valence-corrected chi connectivity index (χ2v) is 13.2. The number of phosphoric ester groups is 1. The van der Waals surface area contributed by atoms with Crippen molar-refractivity contribution in [1.29, 1.82) is 0 Å². The Bertz CT molecular complexity index is 1900. The quantitative estimate of drug-likeness (QED) is 0.140. The molecule has 5 heterocycles. The van der Waals surface area contributed by atoms with Gasteiger partial charge in [0.25, 0.3) is 16.3 Å². The first-order valence-electron chi connectivity index (χ1n) is 13.5. The van der Waals surface area contributed by atoms with Crippen molar-refractivity contribution in [2.45, 2.75) is 36.6 Å². The van der Waals surface area contributed by atoms with Crippen LogP contribution in [-0.2, 0) is 32.6 Å². The van der Waals surface area contributed by atoms with Crippen molar-refractivity contribution >= 4 is 29.6 Å². The summed E-state index contributed by atoms with van der Waals surface area (Å²) in [4.78, 5) is 32.1. The first kappa shape index (κ1) is 29.9. The van der Waals surface area contributed by atoms with Gasteiger partial charge in [-0.15, -0.1) is 0 Å². The Balaban J connectivity index is 1.16. The molecule has 2 atom stereocenters. The molecule has 0 bridgehead atoms. The molecule has 5 aromatic rings. The maximum Gasteiger partial charge on any atom is 0.473 e. The number of benzene rings is 1. The van der Waals surface area contributed by atoms with E-state index in [0.29, 0.717) is 42.5 Å². The van der Waals surface area contributed by atoms with Crippen LogP contribution in [0.3, 0.4) is 0 Å². The number of aryl methyl sites for hydroxylation is 1. The highest BCUT2D eigenvalue weighted by atomic mass is 32.2. The molecule has 232 valence electrons. The lowest BCUT2D eigenvalue weighted by Gasteiger charge is -2.31. The third kappa shape index (κ3) is 6.83. The van der Waals surface area contributed by atoms with Gasteiger partial charge < -0.3 is 24.3 Å². The maximum absolute atomic E-state index is 13.1. The van der Waals surface area contributed by atoms with Crippen LogP contribution in [0.5, 0.6) is 5.75 Å². The number of fused-ring (bicyclic) bond motifs is 1. The molecule has 1 unspecified atom stereocenters. The molecule has 6 rings (SSSR count). The van der Waals surface area contributed by atoms with E-state index < -0.39 is 24.1 Å². The van der Waals surface area contributed by atoms with Crippen molar-refractivity contribution in [3.05, 3.63) is 84.4 Å². The van der Waals surface area contributed by atoms with E-state index in [4.69, 9.17) is 13.7 Å². The summed E-state index contributed by atoms with van der Waals surface area (Å²) >= 11 is 0. The van der Waals surface area contributed by atoms with Gasteiger partial charge in [-0.05, 0) is 37.1 Å². The van der Waals surface area contributed by atoms with Gasteiger partial charge in [0.15, 0.2) is 5.03 Å². The van der Waals surface area contributed by atoms with Crippen molar-refractivity contribution in [2.24, 2.45) is 7.05 Å². The van der Waals surface area contributed by atoms with Crippen LogP contribution in [-0.4, -0.2) is 70.8 Å². The van der Waals surface area contributed by atoms with E-state index in [2.05, 4.69) is 25.4 Å². The molecule has 0 radical (unpaired) electrons. The van der Waals surface area contributed by atoms with Gasteiger partial charge in [0.05, 0.1) is 11.4 Å². The number of oxazole rings is 1.